The average molecular weight is 276 g/mol. The zero-order valence-electron chi connectivity index (χ0n) is 11.5. The lowest BCUT2D eigenvalue weighted by atomic mass is 10.1. The van der Waals surface area contributed by atoms with E-state index in [1.54, 1.807) is 7.11 Å². The van der Waals surface area contributed by atoms with Gasteiger partial charge >= 0.3 is 0 Å². The van der Waals surface area contributed by atoms with E-state index < -0.39 is 10.0 Å². The first-order valence-corrected chi connectivity index (χ1v) is 9.00. The lowest BCUT2D eigenvalue weighted by Crippen LogP contribution is -2.23. The van der Waals surface area contributed by atoms with Crippen LogP contribution in [0.5, 0.6) is 5.75 Å². The van der Waals surface area contributed by atoms with E-state index in [4.69, 9.17) is 9.47 Å². The monoisotopic (exact) mass is 276 g/mol. The molecule has 0 aliphatic carbocycles. The Morgan fingerprint density at radius 1 is 1.00 bits per heavy atom. The second-order valence-corrected chi connectivity index (χ2v) is 8.91. The van der Waals surface area contributed by atoms with Gasteiger partial charge in [-0.2, -0.15) is 0 Å². The molecule has 2 aromatic carbocycles. The van der Waals surface area contributed by atoms with Gasteiger partial charge in [-0.3, -0.25) is 0 Å². The number of methoxy groups -OCH3 is 1. The van der Waals surface area contributed by atoms with Gasteiger partial charge in [-0.1, -0.05) is 24.3 Å². The van der Waals surface area contributed by atoms with Crippen LogP contribution in [0.25, 0.3) is 10.8 Å². The molecule has 1 aliphatic heterocycles. The summed E-state index contributed by atoms with van der Waals surface area (Å²) in [6, 6.07) is 13.0. The number of hydrogen-bond acceptors (Lipinski definition) is 2. The lowest BCUT2D eigenvalue weighted by molar-refractivity contribution is 0.159. The highest BCUT2D eigenvalue weighted by atomic mass is 32.3. The number of fused-ring (bicyclic) bond motifs is 1. The van der Waals surface area contributed by atoms with Crippen molar-refractivity contribution in [2.45, 2.75) is 4.90 Å². The van der Waals surface area contributed by atoms with Gasteiger partial charge in [-0.15, -0.1) is 0 Å². The van der Waals surface area contributed by atoms with Crippen LogP contribution in [-0.4, -0.2) is 38.1 Å². The molecule has 0 spiro atoms. The van der Waals surface area contributed by atoms with E-state index in [9.17, 15) is 0 Å². The van der Waals surface area contributed by atoms with E-state index in [0.29, 0.717) is 0 Å². The first-order chi connectivity index (χ1) is 9.24. The summed E-state index contributed by atoms with van der Waals surface area (Å²) in [5, 5.41) is 2.57. The molecule has 0 amide bonds. The molecular formula is C16H20O2S. The second kappa shape index (κ2) is 5.06. The summed E-state index contributed by atoms with van der Waals surface area (Å²) in [5.74, 6) is 3.31. The van der Waals surface area contributed by atoms with Gasteiger partial charge < -0.3 is 9.47 Å². The predicted octanol–water partition coefficient (Wildman–Crippen LogP) is 3.67. The fraction of sp³-hybridized carbons (Fsp3) is 0.375. The van der Waals surface area contributed by atoms with Crippen molar-refractivity contribution in [1.82, 2.24) is 0 Å². The molecule has 0 saturated carbocycles. The standard InChI is InChI=1S/C16H20O2S/c1-17-15-7-8-16(14-6-4-3-5-13(14)15)19(2)11-9-18-10-12-19/h3-8H,9-12H2,1-2H3. The van der Waals surface area contributed by atoms with Gasteiger partial charge in [0.15, 0.2) is 0 Å². The first kappa shape index (κ1) is 12.8. The quantitative estimate of drug-likeness (QED) is 0.833. The molecule has 0 atom stereocenters. The van der Waals surface area contributed by atoms with Gasteiger partial charge in [-0.25, -0.2) is 10.0 Å². The summed E-state index contributed by atoms with van der Waals surface area (Å²) in [6.07, 6.45) is 2.43. The van der Waals surface area contributed by atoms with E-state index >= 15 is 0 Å². The van der Waals surface area contributed by atoms with Crippen molar-refractivity contribution in [3.63, 3.8) is 0 Å². The average Bonchev–Trinajstić information content (AvgIpc) is 2.46. The summed E-state index contributed by atoms with van der Waals surface area (Å²) in [5.41, 5.74) is 0. The molecule has 0 unspecified atom stereocenters. The van der Waals surface area contributed by atoms with E-state index in [1.807, 2.05) is 0 Å². The van der Waals surface area contributed by atoms with Crippen molar-refractivity contribution in [3.05, 3.63) is 36.4 Å². The fourth-order valence-corrected chi connectivity index (χ4v) is 5.48. The largest absolute Gasteiger partial charge is 0.496 e. The van der Waals surface area contributed by atoms with Crippen LogP contribution in [0.2, 0.25) is 0 Å². The zero-order valence-corrected chi connectivity index (χ0v) is 12.3. The van der Waals surface area contributed by atoms with Gasteiger partial charge in [0.05, 0.1) is 20.3 Å². The maximum Gasteiger partial charge on any atom is 0.126 e. The van der Waals surface area contributed by atoms with Crippen molar-refractivity contribution in [2.24, 2.45) is 0 Å². The molecule has 1 fully saturated rings. The minimum Gasteiger partial charge on any atom is -0.496 e. The van der Waals surface area contributed by atoms with Gasteiger partial charge in [-0.05, 0) is 28.7 Å². The Bertz CT molecular complexity index is 588. The van der Waals surface area contributed by atoms with Crippen LogP contribution in [0, 0.1) is 0 Å². The summed E-state index contributed by atoms with van der Waals surface area (Å²) < 4.78 is 11.0. The van der Waals surface area contributed by atoms with E-state index in [1.165, 1.54) is 27.2 Å². The van der Waals surface area contributed by atoms with Crippen LogP contribution in [-0.2, 0) is 4.74 Å². The van der Waals surface area contributed by atoms with Gasteiger partial charge in [0.25, 0.3) is 0 Å². The molecule has 19 heavy (non-hydrogen) atoms. The molecule has 1 saturated heterocycles. The molecule has 1 aliphatic rings. The number of benzene rings is 2. The molecule has 1 heterocycles. The number of ether oxygens (including phenoxy) is 2. The molecule has 0 bridgehead atoms. The van der Waals surface area contributed by atoms with Crippen molar-refractivity contribution in [1.29, 1.82) is 0 Å². The van der Waals surface area contributed by atoms with Crippen LogP contribution >= 0.6 is 10.0 Å². The fourth-order valence-electron chi connectivity index (χ4n) is 2.76. The lowest BCUT2D eigenvalue weighted by Gasteiger charge is -2.40. The molecule has 2 aromatic rings. The Hall–Kier alpha value is -1.19. The van der Waals surface area contributed by atoms with E-state index in [-0.39, 0.29) is 0 Å². The van der Waals surface area contributed by atoms with Crippen molar-refractivity contribution >= 4 is 20.8 Å². The van der Waals surface area contributed by atoms with E-state index in [2.05, 4.69) is 42.7 Å². The Labute approximate surface area is 116 Å². The van der Waals surface area contributed by atoms with Gasteiger partial charge in [0.2, 0.25) is 0 Å². The first-order valence-electron chi connectivity index (χ1n) is 6.62. The van der Waals surface area contributed by atoms with Crippen LogP contribution in [0.4, 0.5) is 0 Å². The molecule has 0 radical (unpaired) electrons. The van der Waals surface area contributed by atoms with E-state index in [0.717, 1.165) is 19.0 Å². The molecule has 2 nitrogen and oxygen atoms in total. The maximum absolute atomic E-state index is 5.54. The van der Waals surface area contributed by atoms with Crippen LogP contribution in [0.3, 0.4) is 0 Å². The normalized spacial score (nSPS) is 20.1. The summed E-state index contributed by atoms with van der Waals surface area (Å²) in [4.78, 5) is 1.51. The second-order valence-electron chi connectivity index (χ2n) is 5.11. The SMILES string of the molecule is COc1ccc(S2(C)CCOCC2)c2ccccc12. The Morgan fingerprint density at radius 2 is 1.68 bits per heavy atom. The minimum atomic E-state index is -0.751. The Kier molecular flexibility index (Phi) is 3.42. The van der Waals surface area contributed by atoms with Crippen molar-refractivity contribution < 1.29 is 9.47 Å². The molecule has 3 heteroatoms. The highest BCUT2D eigenvalue weighted by Gasteiger charge is 2.26. The molecule has 102 valence electrons. The van der Waals surface area contributed by atoms with Crippen LogP contribution in [0.15, 0.2) is 41.3 Å². The molecule has 0 aromatic heterocycles. The summed E-state index contributed by atoms with van der Waals surface area (Å²) in [7, 11) is 0.989. The summed E-state index contributed by atoms with van der Waals surface area (Å²) in [6.45, 7) is 1.79. The van der Waals surface area contributed by atoms with Crippen LogP contribution in [0.1, 0.15) is 0 Å². The minimum absolute atomic E-state index is 0.751. The smallest absolute Gasteiger partial charge is 0.126 e. The third-order valence-corrected chi connectivity index (χ3v) is 7.50. The zero-order chi connectivity index (χ0) is 13.3. The molecule has 0 N–H and O–H groups in total. The Morgan fingerprint density at radius 3 is 2.37 bits per heavy atom. The highest BCUT2D eigenvalue weighted by molar-refractivity contribution is 8.33. The highest BCUT2D eigenvalue weighted by Crippen LogP contribution is 2.56. The number of rotatable bonds is 2. The Balaban J connectivity index is 2.19. The van der Waals surface area contributed by atoms with Gasteiger partial charge in [0, 0.05) is 16.9 Å². The molecular weight excluding hydrogens is 256 g/mol. The van der Waals surface area contributed by atoms with Crippen molar-refractivity contribution in [2.75, 3.05) is 38.1 Å². The third-order valence-electron chi connectivity index (χ3n) is 3.95. The van der Waals surface area contributed by atoms with Crippen LogP contribution < -0.4 is 4.74 Å². The van der Waals surface area contributed by atoms with Crippen molar-refractivity contribution in [3.8, 4) is 5.75 Å². The predicted molar refractivity (Wildman–Crippen MR) is 82.8 cm³/mol. The number of hydrogen-bond donors (Lipinski definition) is 0. The van der Waals surface area contributed by atoms with Gasteiger partial charge in [0.1, 0.15) is 5.75 Å². The molecule has 3 rings (SSSR count). The topological polar surface area (TPSA) is 18.5 Å². The summed E-state index contributed by atoms with van der Waals surface area (Å²) >= 11 is 0. The maximum atomic E-state index is 5.54. The third kappa shape index (κ3) is 2.21.